The van der Waals surface area contributed by atoms with Crippen molar-refractivity contribution in [2.24, 2.45) is 0 Å². The van der Waals surface area contributed by atoms with Crippen LogP contribution in [0.25, 0.3) is 0 Å². The van der Waals surface area contributed by atoms with E-state index in [-0.39, 0.29) is 18.4 Å². The lowest BCUT2D eigenvalue weighted by Gasteiger charge is -2.51. The Morgan fingerprint density at radius 1 is 0.950 bits per heavy atom. The van der Waals surface area contributed by atoms with Crippen molar-refractivity contribution in [3.63, 3.8) is 0 Å². The third kappa shape index (κ3) is 5.14. The molecule has 0 bridgehead atoms. The second-order valence-electron chi connectivity index (χ2n) is 11.6. The molecular weight excluding hydrogens is 500 g/mol. The number of aryl methyl sites for hydroxylation is 2. The van der Waals surface area contributed by atoms with Crippen LogP contribution < -0.4 is 15.0 Å². The minimum absolute atomic E-state index is 0.0506. The molecule has 2 amide bonds. The van der Waals surface area contributed by atoms with Crippen LogP contribution in [0, 0.1) is 13.8 Å². The predicted molar refractivity (Wildman–Crippen MR) is 158 cm³/mol. The number of fused-ring (bicyclic) bond motifs is 1. The molecule has 4 aromatic rings. The van der Waals surface area contributed by atoms with Crippen LogP contribution in [0.15, 0.2) is 83.5 Å². The Bertz CT molecular complexity index is 1540. The van der Waals surface area contributed by atoms with Gasteiger partial charge in [0.05, 0.1) is 17.6 Å². The van der Waals surface area contributed by atoms with E-state index in [1.54, 1.807) is 19.3 Å². The first-order valence-corrected chi connectivity index (χ1v) is 13.6. The third-order valence-corrected chi connectivity index (χ3v) is 7.73. The van der Waals surface area contributed by atoms with Crippen molar-refractivity contribution < 1.29 is 18.7 Å². The molecule has 1 aliphatic rings. The zero-order valence-corrected chi connectivity index (χ0v) is 24.0. The van der Waals surface area contributed by atoms with Crippen molar-refractivity contribution in [1.29, 1.82) is 0 Å². The van der Waals surface area contributed by atoms with Gasteiger partial charge in [-0.05, 0) is 75.6 Å². The van der Waals surface area contributed by atoms with Gasteiger partial charge in [-0.2, -0.15) is 0 Å². The molecule has 0 radical (unpaired) electrons. The summed E-state index contributed by atoms with van der Waals surface area (Å²) in [6.45, 7) is 12.1. The van der Waals surface area contributed by atoms with Crippen molar-refractivity contribution in [2.75, 3.05) is 10.2 Å². The number of hydrogen-bond acceptors (Lipinski definition) is 4. The van der Waals surface area contributed by atoms with E-state index >= 15 is 0 Å². The van der Waals surface area contributed by atoms with Gasteiger partial charge in [-0.15, -0.1) is 0 Å². The number of amides is 2. The second kappa shape index (κ2) is 10.3. The van der Waals surface area contributed by atoms with Crippen LogP contribution in [0.4, 0.5) is 11.4 Å². The number of anilines is 2. The van der Waals surface area contributed by atoms with E-state index in [2.05, 4.69) is 38.2 Å². The van der Waals surface area contributed by atoms with Crippen molar-refractivity contribution in [3.05, 3.63) is 113 Å². The van der Waals surface area contributed by atoms with Crippen LogP contribution in [0.2, 0.25) is 0 Å². The summed E-state index contributed by atoms with van der Waals surface area (Å²) in [6, 6.07) is 23.6. The molecule has 40 heavy (non-hydrogen) atoms. The fourth-order valence-electron chi connectivity index (χ4n) is 6.28. The number of ether oxygens (including phenoxy) is 1. The summed E-state index contributed by atoms with van der Waals surface area (Å²) in [5.41, 5.74) is 5.12. The molecule has 6 heteroatoms. The second-order valence-corrected chi connectivity index (χ2v) is 11.6. The van der Waals surface area contributed by atoms with Crippen LogP contribution in [0.3, 0.4) is 0 Å². The number of hydrogen-bond donors (Lipinski definition) is 1. The average Bonchev–Trinajstić information content (AvgIpc) is 3.41. The highest BCUT2D eigenvalue weighted by Gasteiger charge is 2.47. The summed E-state index contributed by atoms with van der Waals surface area (Å²) in [6.07, 6.45) is 2.30. The Morgan fingerprint density at radius 3 is 2.27 bits per heavy atom. The molecule has 1 aliphatic heterocycles. The Hall–Kier alpha value is -4.32. The number of carbonyl (C=O) groups excluding carboxylic acids is 2. The summed E-state index contributed by atoms with van der Waals surface area (Å²) in [4.78, 5) is 28.5. The standard InChI is InChI=1S/C34H36N2O4/c1-22-15-23(2)17-25(16-22)32(38)35-29-18-28-30(19-31(29)40-20-27-13-10-14-39-27)36(24(3)37)33(4,5)21-34(28,6)26-11-8-7-9-12-26/h7-19H,20-21H2,1-6H3,(H,35,38). The number of nitrogens with zero attached hydrogens (tertiary/aromatic N) is 1. The molecule has 206 valence electrons. The van der Waals surface area contributed by atoms with Crippen molar-refractivity contribution in [3.8, 4) is 5.75 Å². The molecule has 2 heterocycles. The maximum absolute atomic E-state index is 13.5. The van der Waals surface area contributed by atoms with Gasteiger partial charge in [-0.25, -0.2) is 0 Å². The molecular formula is C34H36N2O4. The number of benzene rings is 3. The zero-order chi connectivity index (χ0) is 28.7. The lowest BCUT2D eigenvalue weighted by Crippen LogP contribution is -2.55. The van der Waals surface area contributed by atoms with Gasteiger partial charge >= 0.3 is 0 Å². The van der Waals surface area contributed by atoms with Crippen molar-refractivity contribution >= 4 is 23.2 Å². The van der Waals surface area contributed by atoms with E-state index in [4.69, 9.17) is 9.15 Å². The summed E-state index contributed by atoms with van der Waals surface area (Å²) in [7, 11) is 0. The quantitative estimate of drug-likeness (QED) is 0.276. The van der Waals surface area contributed by atoms with Crippen molar-refractivity contribution in [2.45, 2.75) is 65.5 Å². The number of rotatable bonds is 6. The average molecular weight is 537 g/mol. The van der Waals surface area contributed by atoms with Gasteiger partial charge in [-0.3, -0.25) is 9.59 Å². The first-order chi connectivity index (χ1) is 19.0. The fourth-order valence-corrected chi connectivity index (χ4v) is 6.28. The van der Waals surface area contributed by atoms with Crippen LogP contribution in [0.5, 0.6) is 5.75 Å². The molecule has 3 aromatic carbocycles. The first-order valence-electron chi connectivity index (χ1n) is 13.6. The normalized spacial score (nSPS) is 17.7. The molecule has 6 nitrogen and oxygen atoms in total. The molecule has 0 spiro atoms. The largest absolute Gasteiger partial charge is 0.483 e. The van der Waals surface area contributed by atoms with Crippen LogP contribution in [0.1, 0.15) is 72.5 Å². The van der Waals surface area contributed by atoms with Gasteiger partial charge in [0.25, 0.3) is 5.91 Å². The first kappa shape index (κ1) is 27.3. The van der Waals surface area contributed by atoms with Crippen LogP contribution in [-0.4, -0.2) is 17.4 Å². The van der Waals surface area contributed by atoms with Gasteiger partial charge < -0.3 is 19.4 Å². The monoisotopic (exact) mass is 536 g/mol. The lowest BCUT2D eigenvalue weighted by molar-refractivity contribution is -0.117. The van der Waals surface area contributed by atoms with Gasteiger partial charge in [-0.1, -0.05) is 54.4 Å². The minimum Gasteiger partial charge on any atom is -0.483 e. The summed E-state index contributed by atoms with van der Waals surface area (Å²) < 4.78 is 11.7. The minimum atomic E-state index is -0.467. The Morgan fingerprint density at radius 2 is 1.65 bits per heavy atom. The van der Waals surface area contributed by atoms with Gasteiger partial charge in [0, 0.05) is 29.5 Å². The summed E-state index contributed by atoms with van der Waals surface area (Å²) in [5.74, 6) is 0.843. The maximum atomic E-state index is 13.5. The Labute approximate surface area is 236 Å². The highest BCUT2D eigenvalue weighted by atomic mass is 16.5. The maximum Gasteiger partial charge on any atom is 0.255 e. The molecule has 1 N–H and O–H groups in total. The van der Waals surface area contributed by atoms with Gasteiger partial charge in [0.15, 0.2) is 0 Å². The van der Waals surface area contributed by atoms with Crippen LogP contribution >= 0.6 is 0 Å². The van der Waals surface area contributed by atoms with E-state index in [9.17, 15) is 9.59 Å². The van der Waals surface area contributed by atoms with E-state index in [1.807, 2.05) is 73.3 Å². The Kier molecular flexibility index (Phi) is 7.05. The fraction of sp³-hybridized carbons (Fsp3) is 0.294. The topological polar surface area (TPSA) is 71.8 Å². The van der Waals surface area contributed by atoms with E-state index in [0.29, 0.717) is 29.2 Å². The van der Waals surface area contributed by atoms with Crippen molar-refractivity contribution in [1.82, 2.24) is 0 Å². The summed E-state index contributed by atoms with van der Waals surface area (Å²) in [5, 5.41) is 3.12. The van der Waals surface area contributed by atoms with E-state index in [0.717, 1.165) is 27.9 Å². The lowest BCUT2D eigenvalue weighted by atomic mass is 9.65. The zero-order valence-electron chi connectivity index (χ0n) is 24.0. The van der Waals surface area contributed by atoms with Gasteiger partial charge in [0.1, 0.15) is 18.1 Å². The molecule has 5 rings (SSSR count). The van der Waals surface area contributed by atoms with Crippen LogP contribution in [-0.2, 0) is 16.8 Å². The molecule has 0 saturated carbocycles. The molecule has 0 saturated heterocycles. The number of furan rings is 1. The SMILES string of the molecule is CC(=O)N1c2cc(OCc3ccco3)c(NC(=O)c3cc(C)cc(C)c3)cc2C(C)(c2ccccc2)CC1(C)C. The highest BCUT2D eigenvalue weighted by Crippen LogP contribution is 2.53. The Balaban J connectivity index is 1.68. The highest BCUT2D eigenvalue weighted by molar-refractivity contribution is 6.06. The van der Waals surface area contributed by atoms with Gasteiger partial charge in [0.2, 0.25) is 5.91 Å². The molecule has 1 aromatic heterocycles. The number of nitrogens with one attached hydrogen (secondary N) is 1. The molecule has 0 aliphatic carbocycles. The molecule has 0 fully saturated rings. The summed E-state index contributed by atoms with van der Waals surface area (Å²) >= 11 is 0. The molecule has 1 unspecified atom stereocenters. The predicted octanol–water partition coefficient (Wildman–Crippen LogP) is 7.57. The van der Waals surface area contributed by atoms with E-state index < -0.39 is 11.0 Å². The smallest absolute Gasteiger partial charge is 0.255 e. The van der Waals surface area contributed by atoms with E-state index in [1.165, 1.54) is 0 Å². The number of carbonyl (C=O) groups is 2. The third-order valence-electron chi connectivity index (χ3n) is 7.73. The molecule has 1 atom stereocenters.